The zero-order chi connectivity index (χ0) is 20.1. The van der Waals surface area contributed by atoms with Crippen molar-refractivity contribution in [2.24, 2.45) is 4.99 Å². The molecule has 2 aliphatic heterocycles. The Morgan fingerprint density at radius 2 is 1.33 bits per heavy atom. The second-order valence-corrected chi connectivity index (χ2v) is 8.15. The molecule has 6 rings (SSSR count). The molecule has 144 valence electrons. The number of anilines is 1. The van der Waals surface area contributed by atoms with E-state index in [-0.39, 0.29) is 11.6 Å². The van der Waals surface area contributed by atoms with Gasteiger partial charge < -0.3 is 4.90 Å². The van der Waals surface area contributed by atoms with Gasteiger partial charge in [0.2, 0.25) is 0 Å². The summed E-state index contributed by atoms with van der Waals surface area (Å²) in [7, 11) is 0. The first kappa shape index (κ1) is 17.5. The number of hydrogen-bond donors (Lipinski definition) is 0. The summed E-state index contributed by atoms with van der Waals surface area (Å²) in [4.78, 5) is 7.58. The highest BCUT2D eigenvalue weighted by Gasteiger charge is 2.70. The topological polar surface area (TPSA) is 15.4 Å². The van der Waals surface area contributed by atoms with Crippen LogP contribution in [0.1, 0.15) is 22.7 Å². The van der Waals surface area contributed by atoms with Gasteiger partial charge in [-0.2, -0.15) is 0 Å². The van der Waals surface area contributed by atoms with Crippen LogP contribution in [0.2, 0.25) is 5.02 Å². The first-order valence-corrected chi connectivity index (χ1v) is 10.5. The molecular formula is C27H19ClN2. The van der Waals surface area contributed by atoms with Crippen LogP contribution in [0.5, 0.6) is 0 Å². The molecule has 0 aromatic heterocycles. The van der Waals surface area contributed by atoms with Gasteiger partial charge in [-0.05, 0) is 29.3 Å². The average Bonchev–Trinajstić information content (AvgIpc) is 3.37. The maximum atomic E-state index is 6.71. The minimum atomic E-state index is -0.371. The van der Waals surface area contributed by atoms with Gasteiger partial charge in [0.25, 0.3) is 0 Å². The quantitative estimate of drug-likeness (QED) is 0.337. The summed E-state index contributed by atoms with van der Waals surface area (Å²) in [6.07, 6.45) is 0. The van der Waals surface area contributed by atoms with Gasteiger partial charge in [0.15, 0.2) is 0 Å². The average molecular weight is 407 g/mol. The zero-order valence-corrected chi connectivity index (χ0v) is 17.0. The molecule has 2 aliphatic rings. The minimum absolute atomic E-state index is 0.126. The lowest BCUT2D eigenvalue weighted by atomic mass is 9.85. The van der Waals surface area contributed by atoms with E-state index in [4.69, 9.17) is 16.6 Å². The monoisotopic (exact) mass is 406 g/mol. The number of para-hydroxylation sites is 2. The van der Waals surface area contributed by atoms with Crippen molar-refractivity contribution in [1.29, 1.82) is 0 Å². The van der Waals surface area contributed by atoms with Crippen LogP contribution in [0.3, 0.4) is 0 Å². The number of benzene rings is 4. The highest BCUT2D eigenvalue weighted by atomic mass is 35.5. The molecule has 1 saturated heterocycles. The molecule has 0 saturated carbocycles. The summed E-state index contributed by atoms with van der Waals surface area (Å²) >= 11 is 6.71. The van der Waals surface area contributed by atoms with Crippen LogP contribution in [-0.4, -0.2) is 5.71 Å². The summed E-state index contributed by atoms with van der Waals surface area (Å²) in [5, 5.41) is 0.757. The first-order valence-electron chi connectivity index (χ1n) is 10.1. The van der Waals surface area contributed by atoms with Crippen molar-refractivity contribution >= 4 is 28.7 Å². The van der Waals surface area contributed by atoms with Gasteiger partial charge in [0, 0.05) is 5.56 Å². The lowest BCUT2D eigenvalue weighted by molar-refractivity contribution is 0.913. The van der Waals surface area contributed by atoms with E-state index in [1.54, 1.807) is 0 Å². The Hall–Kier alpha value is -3.36. The van der Waals surface area contributed by atoms with Crippen molar-refractivity contribution in [1.82, 2.24) is 0 Å². The zero-order valence-electron chi connectivity index (χ0n) is 16.2. The van der Waals surface area contributed by atoms with E-state index < -0.39 is 0 Å². The lowest BCUT2D eigenvalue weighted by Crippen LogP contribution is -2.25. The van der Waals surface area contributed by atoms with Gasteiger partial charge in [-0.15, -0.1) is 0 Å². The van der Waals surface area contributed by atoms with Gasteiger partial charge in [0.1, 0.15) is 5.54 Å². The Labute approximate surface area is 181 Å². The maximum Gasteiger partial charge on any atom is 0.136 e. The molecule has 4 aromatic rings. The third-order valence-electron chi connectivity index (χ3n) is 6.15. The van der Waals surface area contributed by atoms with Crippen LogP contribution >= 0.6 is 11.6 Å². The molecule has 30 heavy (non-hydrogen) atoms. The van der Waals surface area contributed by atoms with Gasteiger partial charge >= 0.3 is 0 Å². The molecule has 0 radical (unpaired) electrons. The molecule has 1 fully saturated rings. The number of nitrogens with zero attached hydrogens (tertiary/aromatic N) is 2. The van der Waals surface area contributed by atoms with E-state index >= 15 is 0 Å². The summed E-state index contributed by atoms with van der Waals surface area (Å²) in [6.45, 7) is 0. The molecule has 0 N–H and O–H groups in total. The molecule has 2 atom stereocenters. The summed E-state index contributed by atoms with van der Waals surface area (Å²) < 4.78 is 0. The largest absolute Gasteiger partial charge is 0.343 e. The van der Waals surface area contributed by atoms with Crippen LogP contribution < -0.4 is 4.90 Å². The van der Waals surface area contributed by atoms with E-state index in [1.807, 2.05) is 18.2 Å². The normalized spacial score (nSPS) is 21.4. The van der Waals surface area contributed by atoms with E-state index in [0.717, 1.165) is 27.7 Å². The molecule has 2 heterocycles. The molecule has 1 spiro atoms. The predicted octanol–water partition coefficient (Wildman–Crippen LogP) is 6.93. The second kappa shape index (κ2) is 6.58. The van der Waals surface area contributed by atoms with Crippen molar-refractivity contribution in [3.63, 3.8) is 0 Å². The van der Waals surface area contributed by atoms with Crippen LogP contribution in [0.25, 0.3) is 0 Å². The standard InChI is InChI=1S/C27H19ClN2/c28-22-16-8-10-18-24(22)30-26(20-13-5-2-6-14-20)27(30)21-15-7-9-17-23(21)29-25(27)19-11-3-1-4-12-19/h1-18,26H. The highest BCUT2D eigenvalue weighted by Crippen LogP contribution is 2.68. The smallest absolute Gasteiger partial charge is 0.136 e. The second-order valence-electron chi connectivity index (χ2n) is 7.74. The summed E-state index contributed by atoms with van der Waals surface area (Å²) in [5.41, 5.74) is 6.42. The van der Waals surface area contributed by atoms with Gasteiger partial charge in [-0.3, -0.25) is 0 Å². The van der Waals surface area contributed by atoms with E-state index in [0.29, 0.717) is 0 Å². The van der Waals surface area contributed by atoms with Crippen molar-refractivity contribution in [2.75, 3.05) is 4.90 Å². The minimum Gasteiger partial charge on any atom is -0.343 e. The number of hydrogen-bond acceptors (Lipinski definition) is 2. The molecule has 0 aliphatic carbocycles. The van der Waals surface area contributed by atoms with Crippen LogP contribution in [-0.2, 0) is 5.54 Å². The first-order chi connectivity index (χ1) is 14.8. The van der Waals surface area contributed by atoms with E-state index in [9.17, 15) is 0 Å². The number of halogens is 1. The predicted molar refractivity (Wildman–Crippen MR) is 124 cm³/mol. The number of rotatable bonds is 3. The Morgan fingerprint density at radius 1 is 0.700 bits per heavy atom. The van der Waals surface area contributed by atoms with Crippen LogP contribution in [0, 0.1) is 0 Å². The van der Waals surface area contributed by atoms with E-state index in [1.165, 1.54) is 11.1 Å². The summed E-state index contributed by atoms with van der Waals surface area (Å²) in [6, 6.07) is 37.9. The molecule has 3 heteroatoms. The molecular weight excluding hydrogens is 388 g/mol. The number of fused-ring (bicyclic) bond motifs is 2. The Morgan fingerprint density at radius 3 is 2.10 bits per heavy atom. The number of aliphatic imine (C=N–C) groups is 1. The van der Waals surface area contributed by atoms with E-state index in [2.05, 4.69) is 95.9 Å². The van der Waals surface area contributed by atoms with Crippen molar-refractivity contribution in [3.8, 4) is 0 Å². The third kappa shape index (κ3) is 2.34. The molecule has 0 amide bonds. The van der Waals surface area contributed by atoms with Crippen molar-refractivity contribution < 1.29 is 0 Å². The molecule has 2 unspecified atom stereocenters. The SMILES string of the molecule is Clc1ccccc1N1C(c2ccccc2)C12C(c1ccccc1)=Nc1ccccc12. The fourth-order valence-electron chi connectivity index (χ4n) is 4.92. The molecule has 2 nitrogen and oxygen atoms in total. The third-order valence-corrected chi connectivity index (χ3v) is 6.47. The Balaban J connectivity index is 1.64. The van der Waals surface area contributed by atoms with Gasteiger partial charge in [0.05, 0.1) is 28.2 Å². The van der Waals surface area contributed by atoms with Gasteiger partial charge in [-0.1, -0.05) is 103 Å². The Kier molecular flexibility index (Phi) is 3.84. The fraction of sp³-hybridized carbons (Fsp3) is 0.0741. The fourth-order valence-corrected chi connectivity index (χ4v) is 5.15. The van der Waals surface area contributed by atoms with Crippen molar-refractivity contribution in [2.45, 2.75) is 11.6 Å². The molecule has 0 bridgehead atoms. The lowest BCUT2D eigenvalue weighted by Gasteiger charge is -2.17. The van der Waals surface area contributed by atoms with Crippen LogP contribution in [0.15, 0.2) is 114 Å². The maximum absolute atomic E-state index is 6.71. The Bertz CT molecular complexity index is 1270. The summed E-state index contributed by atoms with van der Waals surface area (Å²) in [5.74, 6) is 0. The van der Waals surface area contributed by atoms with Crippen LogP contribution in [0.4, 0.5) is 11.4 Å². The van der Waals surface area contributed by atoms with Crippen molar-refractivity contribution in [3.05, 3.63) is 131 Å². The highest BCUT2D eigenvalue weighted by molar-refractivity contribution is 6.34. The van der Waals surface area contributed by atoms with Gasteiger partial charge in [-0.25, -0.2) is 4.99 Å². The molecule has 4 aromatic carbocycles.